The van der Waals surface area contributed by atoms with Gasteiger partial charge in [-0.1, -0.05) is 194 Å². The molecular formula is C59H39N3. The summed E-state index contributed by atoms with van der Waals surface area (Å²) >= 11 is 0. The Morgan fingerprint density at radius 3 is 1.40 bits per heavy atom. The van der Waals surface area contributed by atoms with E-state index in [1.54, 1.807) is 6.07 Å². The first-order valence-electron chi connectivity index (χ1n) is 23.9. The molecule has 290 valence electrons. The highest BCUT2D eigenvalue weighted by molar-refractivity contribution is 5.99. The van der Waals surface area contributed by atoms with E-state index in [4.69, 9.17) is 23.2 Å². The van der Waals surface area contributed by atoms with Crippen LogP contribution >= 0.6 is 0 Å². The number of aromatic nitrogens is 3. The third-order valence-electron chi connectivity index (χ3n) is 11.2. The zero-order valence-corrected chi connectivity index (χ0v) is 33.3. The third kappa shape index (κ3) is 7.23. The Balaban J connectivity index is 1.18. The van der Waals surface area contributed by atoms with Crippen molar-refractivity contribution < 1.29 is 9.60 Å². The number of hydrogen-bond donors (Lipinski definition) is 0. The average Bonchev–Trinajstić information content (AvgIpc) is 3.41. The molecule has 0 aliphatic rings. The van der Waals surface area contributed by atoms with Crippen LogP contribution in [0.1, 0.15) is 9.60 Å². The van der Waals surface area contributed by atoms with Crippen LogP contribution < -0.4 is 0 Å². The first kappa shape index (κ1) is 29.9. The van der Waals surface area contributed by atoms with E-state index < -0.39 is 36.3 Å². The highest BCUT2D eigenvalue weighted by Gasteiger charge is 2.19. The Morgan fingerprint density at radius 2 is 0.742 bits per heavy atom. The van der Waals surface area contributed by atoms with Gasteiger partial charge in [0.2, 0.25) is 0 Å². The second-order valence-corrected chi connectivity index (χ2v) is 15.1. The van der Waals surface area contributed by atoms with Crippen LogP contribution in [0.15, 0.2) is 236 Å². The summed E-state index contributed by atoms with van der Waals surface area (Å²) in [6.45, 7) is 0. The molecule has 1 heterocycles. The predicted octanol–water partition coefficient (Wildman–Crippen LogP) is 15.5. The molecule has 0 saturated heterocycles. The molecule has 0 radical (unpaired) electrons. The molecule has 11 aromatic rings. The molecule has 0 fully saturated rings. The molecule has 62 heavy (non-hydrogen) atoms. The molecule has 0 atom stereocenters. The van der Waals surface area contributed by atoms with Crippen molar-refractivity contribution in [2.75, 3.05) is 0 Å². The van der Waals surface area contributed by atoms with Gasteiger partial charge in [-0.25, -0.2) is 15.0 Å². The van der Waals surface area contributed by atoms with Crippen LogP contribution in [-0.4, -0.2) is 15.0 Å². The second-order valence-electron chi connectivity index (χ2n) is 15.1. The molecule has 0 aliphatic carbocycles. The standard InChI is InChI=1S/C59H39N3/c1-5-16-40(17-6-1)45-28-29-47-35-48(31-30-46(47)34-45)50-36-51(54-27-15-25-42-22-13-14-26-53(42)54)38-52(37-50)58-60-57(44-23-11-4-12-24-44)61-59(62-58)55-33-32-49(41-18-7-2-8-19-41)39-56(55)43-20-9-3-10-21-43/h1-39H/i13D,14D,15D,22D,25D,26D,27D. The van der Waals surface area contributed by atoms with Crippen LogP contribution in [0.5, 0.6) is 0 Å². The smallest absolute Gasteiger partial charge is 0.164 e. The lowest BCUT2D eigenvalue weighted by atomic mass is 9.92. The molecule has 0 amide bonds. The van der Waals surface area contributed by atoms with Gasteiger partial charge >= 0.3 is 0 Å². The van der Waals surface area contributed by atoms with Gasteiger partial charge in [0, 0.05) is 16.7 Å². The molecule has 0 bridgehead atoms. The molecule has 3 nitrogen and oxygen atoms in total. The van der Waals surface area contributed by atoms with Gasteiger partial charge in [-0.05, 0) is 120 Å². The van der Waals surface area contributed by atoms with E-state index in [-0.39, 0.29) is 22.4 Å². The molecular weight excluding hydrogens is 751 g/mol. The van der Waals surface area contributed by atoms with E-state index in [9.17, 15) is 1.37 Å². The summed E-state index contributed by atoms with van der Waals surface area (Å²) in [5.74, 6) is 1.18. The van der Waals surface area contributed by atoms with Crippen molar-refractivity contribution in [1.82, 2.24) is 15.0 Å². The lowest BCUT2D eigenvalue weighted by Crippen LogP contribution is -2.02. The quantitative estimate of drug-likeness (QED) is 0.154. The maximum atomic E-state index is 9.37. The largest absolute Gasteiger partial charge is 0.208 e. The number of benzene rings is 10. The van der Waals surface area contributed by atoms with Gasteiger partial charge in [-0.15, -0.1) is 0 Å². The Morgan fingerprint density at radius 1 is 0.258 bits per heavy atom. The molecule has 0 N–H and O–H groups in total. The predicted molar refractivity (Wildman–Crippen MR) is 258 cm³/mol. The van der Waals surface area contributed by atoms with E-state index in [0.717, 1.165) is 60.8 Å². The third-order valence-corrected chi connectivity index (χ3v) is 11.2. The van der Waals surface area contributed by atoms with E-state index in [0.29, 0.717) is 34.2 Å². The van der Waals surface area contributed by atoms with Crippen LogP contribution in [0, 0.1) is 0 Å². The zero-order valence-electron chi connectivity index (χ0n) is 40.3. The van der Waals surface area contributed by atoms with Crippen molar-refractivity contribution in [3.63, 3.8) is 0 Å². The summed E-state index contributed by atoms with van der Waals surface area (Å²) in [4.78, 5) is 15.5. The molecule has 0 spiro atoms. The summed E-state index contributed by atoms with van der Waals surface area (Å²) in [5.41, 5.74) is 10.3. The fourth-order valence-electron chi connectivity index (χ4n) is 8.08. The van der Waals surface area contributed by atoms with Crippen molar-refractivity contribution in [2.45, 2.75) is 0 Å². The van der Waals surface area contributed by atoms with Crippen molar-refractivity contribution in [3.05, 3.63) is 236 Å². The number of nitrogens with zero attached hydrogens (tertiary/aromatic N) is 3. The number of hydrogen-bond acceptors (Lipinski definition) is 3. The first-order valence-corrected chi connectivity index (χ1v) is 20.4. The van der Waals surface area contributed by atoms with Crippen molar-refractivity contribution in [1.29, 1.82) is 0 Å². The van der Waals surface area contributed by atoms with E-state index in [1.807, 2.05) is 109 Å². The highest BCUT2D eigenvalue weighted by Crippen LogP contribution is 2.39. The van der Waals surface area contributed by atoms with Crippen LogP contribution in [0.2, 0.25) is 0 Å². The highest BCUT2D eigenvalue weighted by atomic mass is 15.0. The summed E-state index contributed by atoms with van der Waals surface area (Å²) < 4.78 is 62.4. The molecule has 0 aliphatic heterocycles. The SMILES string of the molecule is [2H]c1c([2H])c([2H])c2c(-c3cc(-c4ccc5cc(-c6ccccc6)ccc5c4)cc(-c4nc(-c5ccccc5)nc(-c5ccc(-c6ccccc6)cc5-c5ccccc5)n4)c3)c([2H])c([2H])c([2H])c2c1[2H]. The van der Waals surface area contributed by atoms with E-state index in [2.05, 4.69) is 78.9 Å². The molecule has 10 aromatic carbocycles. The van der Waals surface area contributed by atoms with Crippen LogP contribution in [0.3, 0.4) is 0 Å². The second kappa shape index (κ2) is 16.1. The molecule has 0 saturated carbocycles. The minimum absolute atomic E-state index is 0.00521. The number of fused-ring (bicyclic) bond motifs is 2. The first-order chi connectivity index (χ1) is 33.6. The van der Waals surface area contributed by atoms with Crippen molar-refractivity contribution in [2.24, 2.45) is 0 Å². The van der Waals surface area contributed by atoms with E-state index in [1.165, 1.54) is 0 Å². The topological polar surface area (TPSA) is 38.7 Å². The minimum atomic E-state index is -0.511. The average molecular weight is 797 g/mol. The van der Waals surface area contributed by atoms with Crippen LogP contribution in [0.25, 0.3) is 111 Å². The fraction of sp³-hybridized carbons (Fsp3) is 0. The van der Waals surface area contributed by atoms with Gasteiger partial charge in [0.1, 0.15) is 0 Å². The maximum absolute atomic E-state index is 9.37. The summed E-state index contributed by atoms with van der Waals surface area (Å²) in [6.07, 6.45) is 0. The van der Waals surface area contributed by atoms with Gasteiger partial charge < -0.3 is 0 Å². The zero-order chi connectivity index (χ0) is 47.3. The Bertz CT molecular complexity index is 3790. The number of rotatable bonds is 8. The summed E-state index contributed by atoms with van der Waals surface area (Å²) in [6, 6.07) is 61.7. The molecule has 0 unspecified atom stereocenters. The van der Waals surface area contributed by atoms with Crippen LogP contribution in [-0.2, 0) is 0 Å². The van der Waals surface area contributed by atoms with Gasteiger partial charge in [-0.3, -0.25) is 0 Å². The molecule has 1 aromatic heterocycles. The minimum Gasteiger partial charge on any atom is -0.208 e. The lowest BCUT2D eigenvalue weighted by molar-refractivity contribution is 1.07. The Kier molecular flexibility index (Phi) is 7.74. The van der Waals surface area contributed by atoms with E-state index >= 15 is 0 Å². The molecule has 3 heteroatoms. The van der Waals surface area contributed by atoms with Crippen molar-refractivity contribution >= 4 is 21.5 Å². The van der Waals surface area contributed by atoms with Gasteiger partial charge in [0.05, 0.1) is 9.60 Å². The van der Waals surface area contributed by atoms with Crippen molar-refractivity contribution in [3.8, 4) is 89.8 Å². The Labute approximate surface area is 371 Å². The lowest BCUT2D eigenvalue weighted by Gasteiger charge is -2.16. The fourth-order valence-corrected chi connectivity index (χ4v) is 8.08. The normalized spacial score (nSPS) is 12.8. The monoisotopic (exact) mass is 796 g/mol. The van der Waals surface area contributed by atoms with Gasteiger partial charge in [-0.2, -0.15) is 0 Å². The summed E-state index contributed by atoms with van der Waals surface area (Å²) in [7, 11) is 0. The summed E-state index contributed by atoms with van der Waals surface area (Å²) in [5, 5.41) is 1.91. The van der Waals surface area contributed by atoms with Gasteiger partial charge in [0.15, 0.2) is 17.5 Å². The van der Waals surface area contributed by atoms with Crippen LogP contribution in [0.4, 0.5) is 0 Å². The molecule has 11 rings (SSSR count). The maximum Gasteiger partial charge on any atom is 0.164 e. The Hall–Kier alpha value is -8.27. The van der Waals surface area contributed by atoms with Gasteiger partial charge in [0.25, 0.3) is 0 Å².